The van der Waals surface area contributed by atoms with Crippen molar-refractivity contribution in [3.8, 4) is 0 Å². The molecule has 1 N–H and O–H groups in total. The Labute approximate surface area is 119 Å². The predicted molar refractivity (Wildman–Crippen MR) is 80.3 cm³/mol. The molecule has 1 fully saturated rings. The van der Waals surface area contributed by atoms with E-state index in [0.29, 0.717) is 5.92 Å². The maximum absolute atomic E-state index is 11.8. The lowest BCUT2D eigenvalue weighted by Crippen LogP contribution is -2.37. The van der Waals surface area contributed by atoms with Crippen LogP contribution in [-0.2, 0) is 4.79 Å². The average molecular weight is 268 g/mol. The SMILES string of the molecule is CCCCCCCCC(CC)(C(=O)O)C1CCCC1. The van der Waals surface area contributed by atoms with E-state index in [1.165, 1.54) is 44.9 Å². The summed E-state index contributed by atoms with van der Waals surface area (Å²) in [6.45, 7) is 4.30. The maximum Gasteiger partial charge on any atom is 0.309 e. The minimum Gasteiger partial charge on any atom is -0.481 e. The highest BCUT2D eigenvalue weighted by atomic mass is 16.4. The Morgan fingerprint density at radius 2 is 1.63 bits per heavy atom. The van der Waals surface area contributed by atoms with Crippen LogP contribution in [0.4, 0.5) is 0 Å². The standard InChI is InChI=1S/C17H32O2/c1-3-5-6-7-8-11-14-17(4-2,16(18)19)15-12-9-10-13-15/h15H,3-14H2,1-2H3,(H,18,19). The molecule has 112 valence electrons. The third-order valence-corrected chi connectivity index (χ3v) is 5.17. The molecule has 2 nitrogen and oxygen atoms in total. The molecule has 19 heavy (non-hydrogen) atoms. The summed E-state index contributed by atoms with van der Waals surface area (Å²) in [5.41, 5.74) is -0.415. The molecule has 0 spiro atoms. The molecule has 0 aromatic carbocycles. The van der Waals surface area contributed by atoms with E-state index >= 15 is 0 Å². The Morgan fingerprint density at radius 1 is 1.05 bits per heavy atom. The van der Waals surface area contributed by atoms with E-state index < -0.39 is 11.4 Å². The van der Waals surface area contributed by atoms with Crippen LogP contribution in [0.3, 0.4) is 0 Å². The van der Waals surface area contributed by atoms with Gasteiger partial charge in [0.25, 0.3) is 0 Å². The van der Waals surface area contributed by atoms with Crippen molar-refractivity contribution >= 4 is 5.97 Å². The summed E-state index contributed by atoms with van der Waals surface area (Å²) in [7, 11) is 0. The van der Waals surface area contributed by atoms with Crippen LogP contribution in [0.5, 0.6) is 0 Å². The molecule has 2 heteroatoms. The van der Waals surface area contributed by atoms with Crippen molar-refractivity contribution in [2.24, 2.45) is 11.3 Å². The first-order valence-electron chi connectivity index (χ1n) is 8.40. The first-order chi connectivity index (χ1) is 9.17. The molecular formula is C17H32O2. The highest BCUT2D eigenvalue weighted by Crippen LogP contribution is 2.46. The topological polar surface area (TPSA) is 37.3 Å². The Balaban J connectivity index is 2.43. The normalized spacial score (nSPS) is 19.5. The van der Waals surface area contributed by atoms with Crippen molar-refractivity contribution in [1.29, 1.82) is 0 Å². The molecule has 1 saturated carbocycles. The highest BCUT2D eigenvalue weighted by molar-refractivity contribution is 5.75. The Kier molecular flexibility index (Phi) is 7.48. The van der Waals surface area contributed by atoms with E-state index in [-0.39, 0.29) is 0 Å². The number of carboxylic acid groups (broad SMARTS) is 1. The van der Waals surface area contributed by atoms with Crippen LogP contribution < -0.4 is 0 Å². The summed E-state index contributed by atoms with van der Waals surface area (Å²) in [6, 6.07) is 0. The molecule has 0 heterocycles. The van der Waals surface area contributed by atoms with Crippen molar-refractivity contribution in [1.82, 2.24) is 0 Å². The van der Waals surface area contributed by atoms with E-state index in [1.54, 1.807) is 0 Å². The van der Waals surface area contributed by atoms with Gasteiger partial charge >= 0.3 is 5.97 Å². The third kappa shape index (κ3) is 4.50. The van der Waals surface area contributed by atoms with Crippen LogP contribution in [0.25, 0.3) is 0 Å². The number of hydrogen-bond donors (Lipinski definition) is 1. The maximum atomic E-state index is 11.8. The number of rotatable bonds is 10. The smallest absolute Gasteiger partial charge is 0.309 e. The summed E-state index contributed by atoms with van der Waals surface area (Å²) in [6.07, 6.45) is 13.9. The monoisotopic (exact) mass is 268 g/mol. The molecule has 1 aliphatic rings. The van der Waals surface area contributed by atoms with Gasteiger partial charge in [-0.1, -0.05) is 65.2 Å². The van der Waals surface area contributed by atoms with E-state index in [2.05, 4.69) is 13.8 Å². The first kappa shape index (κ1) is 16.5. The van der Waals surface area contributed by atoms with Gasteiger partial charge in [-0.25, -0.2) is 0 Å². The van der Waals surface area contributed by atoms with Gasteiger partial charge < -0.3 is 5.11 Å². The van der Waals surface area contributed by atoms with E-state index in [4.69, 9.17) is 0 Å². The van der Waals surface area contributed by atoms with Gasteiger partial charge in [0.15, 0.2) is 0 Å². The van der Waals surface area contributed by atoms with E-state index in [9.17, 15) is 9.90 Å². The van der Waals surface area contributed by atoms with Crippen LogP contribution >= 0.6 is 0 Å². The third-order valence-electron chi connectivity index (χ3n) is 5.17. The van der Waals surface area contributed by atoms with Gasteiger partial charge in [-0.3, -0.25) is 4.79 Å². The molecule has 0 aromatic heterocycles. The Bertz CT molecular complexity index is 256. The number of carbonyl (C=O) groups is 1. The van der Waals surface area contributed by atoms with Crippen LogP contribution in [0, 0.1) is 11.3 Å². The molecule has 0 bridgehead atoms. The van der Waals surface area contributed by atoms with Gasteiger partial charge in [0.2, 0.25) is 0 Å². The molecule has 0 amide bonds. The Morgan fingerprint density at radius 3 is 2.16 bits per heavy atom. The number of carboxylic acids is 1. The van der Waals surface area contributed by atoms with Crippen molar-refractivity contribution in [2.45, 2.75) is 90.9 Å². The fourth-order valence-corrected chi connectivity index (χ4v) is 3.80. The quantitative estimate of drug-likeness (QED) is 0.538. The van der Waals surface area contributed by atoms with Crippen molar-refractivity contribution in [3.05, 3.63) is 0 Å². The average Bonchev–Trinajstić information content (AvgIpc) is 2.92. The fraction of sp³-hybridized carbons (Fsp3) is 0.941. The number of aliphatic carboxylic acids is 1. The minimum absolute atomic E-state index is 0.415. The molecule has 0 aromatic rings. The largest absolute Gasteiger partial charge is 0.481 e. The van der Waals surface area contributed by atoms with Crippen LogP contribution in [0.1, 0.15) is 90.9 Å². The van der Waals surface area contributed by atoms with Gasteiger partial charge in [-0.05, 0) is 31.6 Å². The lowest BCUT2D eigenvalue weighted by Gasteiger charge is -2.34. The zero-order chi connectivity index (χ0) is 14.1. The molecule has 0 radical (unpaired) electrons. The van der Waals surface area contributed by atoms with E-state index in [0.717, 1.165) is 32.1 Å². The predicted octanol–water partition coefficient (Wildman–Crippen LogP) is 5.41. The number of hydrogen-bond acceptors (Lipinski definition) is 1. The molecular weight excluding hydrogens is 236 g/mol. The summed E-state index contributed by atoms with van der Waals surface area (Å²) in [5, 5.41) is 9.72. The van der Waals surface area contributed by atoms with Crippen molar-refractivity contribution in [3.63, 3.8) is 0 Å². The van der Waals surface area contributed by atoms with E-state index in [1.807, 2.05) is 0 Å². The molecule has 1 rings (SSSR count). The molecule has 0 aliphatic heterocycles. The second-order valence-electron chi connectivity index (χ2n) is 6.31. The van der Waals surface area contributed by atoms with Crippen LogP contribution in [0.15, 0.2) is 0 Å². The lowest BCUT2D eigenvalue weighted by molar-refractivity contribution is -0.153. The van der Waals surface area contributed by atoms with Gasteiger partial charge in [-0.2, -0.15) is 0 Å². The summed E-state index contributed by atoms with van der Waals surface area (Å²) < 4.78 is 0. The minimum atomic E-state index is -0.532. The van der Waals surface area contributed by atoms with Crippen LogP contribution in [0.2, 0.25) is 0 Å². The van der Waals surface area contributed by atoms with Gasteiger partial charge in [0.1, 0.15) is 0 Å². The molecule has 1 atom stereocenters. The molecule has 0 saturated heterocycles. The zero-order valence-corrected chi connectivity index (χ0v) is 12.9. The first-order valence-corrected chi connectivity index (χ1v) is 8.40. The second-order valence-corrected chi connectivity index (χ2v) is 6.31. The van der Waals surface area contributed by atoms with Crippen LogP contribution in [-0.4, -0.2) is 11.1 Å². The van der Waals surface area contributed by atoms with Crippen molar-refractivity contribution in [2.75, 3.05) is 0 Å². The summed E-state index contributed by atoms with van der Waals surface area (Å²) in [4.78, 5) is 11.8. The fourth-order valence-electron chi connectivity index (χ4n) is 3.80. The van der Waals surface area contributed by atoms with Gasteiger partial charge in [-0.15, -0.1) is 0 Å². The van der Waals surface area contributed by atoms with Crippen molar-refractivity contribution < 1.29 is 9.90 Å². The second kappa shape index (κ2) is 8.60. The summed E-state index contributed by atoms with van der Waals surface area (Å²) in [5.74, 6) is -0.0962. The molecule has 1 unspecified atom stereocenters. The number of unbranched alkanes of at least 4 members (excludes halogenated alkanes) is 5. The highest BCUT2D eigenvalue weighted by Gasteiger charge is 2.44. The Hall–Kier alpha value is -0.530. The van der Waals surface area contributed by atoms with Gasteiger partial charge in [0, 0.05) is 0 Å². The zero-order valence-electron chi connectivity index (χ0n) is 12.9. The molecule has 1 aliphatic carbocycles. The summed E-state index contributed by atoms with van der Waals surface area (Å²) >= 11 is 0. The lowest BCUT2D eigenvalue weighted by atomic mass is 9.69. The van der Waals surface area contributed by atoms with Gasteiger partial charge in [0.05, 0.1) is 5.41 Å².